The van der Waals surface area contributed by atoms with Crippen LogP contribution in [0.5, 0.6) is 0 Å². The number of hydrogen-bond donors (Lipinski definition) is 1. The molecule has 0 atom stereocenters. The van der Waals surface area contributed by atoms with E-state index in [0.29, 0.717) is 0 Å². The zero-order chi connectivity index (χ0) is 9.38. The number of benzene rings is 1. The number of rotatable bonds is 1. The van der Waals surface area contributed by atoms with Gasteiger partial charge in [0.25, 0.3) is 0 Å². The number of nitrogens with zero attached hydrogens (tertiary/aromatic N) is 2. The molecule has 3 rings (SSSR count). The number of para-hydroxylation sites is 1. The van der Waals surface area contributed by atoms with Crippen molar-refractivity contribution in [3.05, 3.63) is 24.5 Å². The number of nitrogens with one attached hydrogen (secondary N) is 1. The van der Waals surface area contributed by atoms with E-state index >= 15 is 0 Å². The van der Waals surface area contributed by atoms with Gasteiger partial charge in [0, 0.05) is 13.1 Å². The molecule has 0 saturated carbocycles. The summed E-state index contributed by atoms with van der Waals surface area (Å²) in [4.78, 5) is 9.93. The first kappa shape index (κ1) is 7.85. The molecule has 14 heavy (non-hydrogen) atoms. The molecule has 3 nitrogen and oxygen atoms in total. The number of aromatic amines is 1. The number of H-pyrrole nitrogens is 1. The van der Waals surface area contributed by atoms with Crippen LogP contribution in [-0.4, -0.2) is 23.1 Å². The molecule has 0 spiro atoms. The summed E-state index contributed by atoms with van der Waals surface area (Å²) in [7, 11) is 0. The molecule has 0 radical (unpaired) electrons. The first-order valence-electron chi connectivity index (χ1n) is 5.12. The van der Waals surface area contributed by atoms with Crippen LogP contribution in [0.2, 0.25) is 0 Å². The van der Waals surface area contributed by atoms with E-state index in [0.717, 1.165) is 11.0 Å². The van der Waals surface area contributed by atoms with Crippen LogP contribution in [0.1, 0.15) is 12.8 Å². The zero-order valence-corrected chi connectivity index (χ0v) is 8.03. The van der Waals surface area contributed by atoms with E-state index in [4.69, 9.17) is 0 Å². The highest BCUT2D eigenvalue weighted by atomic mass is 15.2. The van der Waals surface area contributed by atoms with Crippen LogP contribution < -0.4 is 4.90 Å². The Morgan fingerprint density at radius 2 is 2.07 bits per heavy atom. The third-order valence-corrected chi connectivity index (χ3v) is 2.88. The molecule has 0 aliphatic carbocycles. The predicted molar refractivity (Wildman–Crippen MR) is 57.5 cm³/mol. The summed E-state index contributed by atoms with van der Waals surface area (Å²) in [5.41, 5.74) is 3.52. The fraction of sp³-hybridized carbons (Fsp3) is 0.364. The Kier molecular flexibility index (Phi) is 1.69. The van der Waals surface area contributed by atoms with Gasteiger partial charge in [-0.15, -0.1) is 0 Å². The molecule has 1 aliphatic heterocycles. The molecule has 2 heterocycles. The summed E-state index contributed by atoms with van der Waals surface area (Å²) in [6, 6.07) is 6.32. The molecule has 72 valence electrons. The van der Waals surface area contributed by atoms with Crippen molar-refractivity contribution in [2.24, 2.45) is 0 Å². The molecule has 1 aliphatic rings. The second-order valence-corrected chi connectivity index (χ2v) is 3.77. The van der Waals surface area contributed by atoms with Crippen molar-refractivity contribution < 1.29 is 0 Å². The smallest absolute Gasteiger partial charge is 0.112 e. The number of imidazole rings is 1. The minimum Gasteiger partial charge on any atom is -0.370 e. The SMILES string of the molecule is c1cc(N2CCCC2)c2nc[nH]c2c1. The van der Waals surface area contributed by atoms with Crippen molar-refractivity contribution in [1.82, 2.24) is 9.97 Å². The van der Waals surface area contributed by atoms with Crippen LogP contribution in [0.3, 0.4) is 0 Å². The van der Waals surface area contributed by atoms with Crippen LogP contribution in [-0.2, 0) is 0 Å². The quantitative estimate of drug-likeness (QED) is 0.742. The molecule has 0 bridgehead atoms. The predicted octanol–water partition coefficient (Wildman–Crippen LogP) is 2.16. The largest absolute Gasteiger partial charge is 0.370 e. The lowest BCUT2D eigenvalue weighted by atomic mass is 10.2. The van der Waals surface area contributed by atoms with Gasteiger partial charge in [-0.05, 0) is 25.0 Å². The first-order valence-corrected chi connectivity index (χ1v) is 5.12. The molecular weight excluding hydrogens is 174 g/mol. The fourth-order valence-electron chi connectivity index (χ4n) is 2.16. The Balaban J connectivity index is 2.14. The van der Waals surface area contributed by atoms with Crippen molar-refractivity contribution in [2.45, 2.75) is 12.8 Å². The van der Waals surface area contributed by atoms with Crippen LogP contribution >= 0.6 is 0 Å². The van der Waals surface area contributed by atoms with E-state index < -0.39 is 0 Å². The summed E-state index contributed by atoms with van der Waals surface area (Å²) in [6.07, 6.45) is 4.38. The van der Waals surface area contributed by atoms with Gasteiger partial charge in [-0.1, -0.05) is 6.07 Å². The topological polar surface area (TPSA) is 31.9 Å². The molecule has 0 amide bonds. The third kappa shape index (κ3) is 1.09. The number of anilines is 1. The standard InChI is InChI=1S/C11H13N3/c1-2-7-14(6-1)10-5-3-4-9-11(10)13-8-12-9/h3-5,8H,1-2,6-7H2,(H,12,13). The Morgan fingerprint density at radius 3 is 2.93 bits per heavy atom. The maximum absolute atomic E-state index is 4.37. The van der Waals surface area contributed by atoms with Crippen molar-refractivity contribution >= 4 is 16.7 Å². The normalized spacial score (nSPS) is 16.7. The summed E-state index contributed by atoms with van der Waals surface area (Å²) in [6.45, 7) is 2.35. The summed E-state index contributed by atoms with van der Waals surface area (Å²) < 4.78 is 0. The molecule has 1 N–H and O–H groups in total. The number of hydrogen-bond acceptors (Lipinski definition) is 2. The second-order valence-electron chi connectivity index (χ2n) is 3.77. The minimum atomic E-state index is 1.11. The molecular formula is C11H13N3. The van der Waals surface area contributed by atoms with Gasteiger partial charge in [-0.25, -0.2) is 4.98 Å². The Morgan fingerprint density at radius 1 is 1.21 bits per heavy atom. The van der Waals surface area contributed by atoms with E-state index in [1.807, 2.05) is 0 Å². The van der Waals surface area contributed by atoms with E-state index in [1.54, 1.807) is 6.33 Å². The van der Waals surface area contributed by atoms with E-state index in [2.05, 4.69) is 33.1 Å². The van der Waals surface area contributed by atoms with Crippen LogP contribution in [0, 0.1) is 0 Å². The van der Waals surface area contributed by atoms with Gasteiger partial charge in [-0.3, -0.25) is 0 Å². The van der Waals surface area contributed by atoms with Crippen LogP contribution in [0.15, 0.2) is 24.5 Å². The molecule has 3 heteroatoms. The summed E-state index contributed by atoms with van der Waals surface area (Å²) in [5.74, 6) is 0. The number of fused-ring (bicyclic) bond motifs is 1. The first-order chi connectivity index (χ1) is 6.95. The highest BCUT2D eigenvalue weighted by Crippen LogP contribution is 2.26. The number of aromatic nitrogens is 2. The third-order valence-electron chi connectivity index (χ3n) is 2.88. The Labute approximate surface area is 82.8 Å². The second kappa shape index (κ2) is 3.01. The van der Waals surface area contributed by atoms with Crippen molar-refractivity contribution in [2.75, 3.05) is 18.0 Å². The lowest BCUT2D eigenvalue weighted by molar-refractivity contribution is 0.949. The van der Waals surface area contributed by atoms with Gasteiger partial charge in [0.05, 0.1) is 17.5 Å². The molecule has 2 aromatic rings. The van der Waals surface area contributed by atoms with Gasteiger partial charge in [0.1, 0.15) is 5.52 Å². The van der Waals surface area contributed by atoms with Crippen LogP contribution in [0.4, 0.5) is 5.69 Å². The zero-order valence-electron chi connectivity index (χ0n) is 8.03. The van der Waals surface area contributed by atoms with Gasteiger partial charge in [-0.2, -0.15) is 0 Å². The lowest BCUT2D eigenvalue weighted by Gasteiger charge is -2.17. The molecule has 0 unspecified atom stereocenters. The fourth-order valence-corrected chi connectivity index (χ4v) is 2.16. The summed E-state index contributed by atoms with van der Waals surface area (Å²) >= 11 is 0. The maximum atomic E-state index is 4.37. The van der Waals surface area contributed by atoms with E-state index in [1.165, 1.54) is 31.6 Å². The molecule has 1 saturated heterocycles. The Bertz CT molecular complexity index is 440. The van der Waals surface area contributed by atoms with E-state index in [9.17, 15) is 0 Å². The monoisotopic (exact) mass is 187 g/mol. The van der Waals surface area contributed by atoms with Crippen LogP contribution in [0.25, 0.3) is 11.0 Å². The van der Waals surface area contributed by atoms with Crippen molar-refractivity contribution in [1.29, 1.82) is 0 Å². The molecule has 1 aromatic heterocycles. The van der Waals surface area contributed by atoms with Crippen molar-refractivity contribution in [3.8, 4) is 0 Å². The van der Waals surface area contributed by atoms with Gasteiger partial charge in [0.2, 0.25) is 0 Å². The van der Waals surface area contributed by atoms with Gasteiger partial charge < -0.3 is 9.88 Å². The highest BCUT2D eigenvalue weighted by molar-refractivity contribution is 5.88. The average Bonchev–Trinajstić information content (AvgIpc) is 2.88. The Hall–Kier alpha value is -1.51. The summed E-state index contributed by atoms with van der Waals surface area (Å²) in [5, 5.41) is 0. The minimum absolute atomic E-state index is 1.11. The van der Waals surface area contributed by atoms with Gasteiger partial charge in [0.15, 0.2) is 0 Å². The highest BCUT2D eigenvalue weighted by Gasteiger charge is 2.15. The molecule has 1 fully saturated rings. The maximum Gasteiger partial charge on any atom is 0.112 e. The van der Waals surface area contributed by atoms with Gasteiger partial charge >= 0.3 is 0 Å². The molecule has 1 aromatic carbocycles. The average molecular weight is 187 g/mol. The van der Waals surface area contributed by atoms with E-state index in [-0.39, 0.29) is 0 Å². The lowest BCUT2D eigenvalue weighted by Crippen LogP contribution is -2.17. The van der Waals surface area contributed by atoms with Crippen molar-refractivity contribution in [3.63, 3.8) is 0 Å².